The van der Waals surface area contributed by atoms with Crippen LogP contribution in [0.3, 0.4) is 0 Å². The van der Waals surface area contributed by atoms with E-state index in [9.17, 15) is 9.90 Å². The Labute approximate surface area is 118 Å². The van der Waals surface area contributed by atoms with E-state index < -0.39 is 0 Å². The molecule has 0 spiro atoms. The summed E-state index contributed by atoms with van der Waals surface area (Å²) < 4.78 is 0. The maximum atomic E-state index is 12.4. The molecule has 0 aromatic heterocycles. The molecule has 1 atom stereocenters. The van der Waals surface area contributed by atoms with E-state index in [0.717, 1.165) is 11.8 Å². The molecule has 3 N–H and O–H groups in total. The molecule has 1 unspecified atom stereocenters. The van der Waals surface area contributed by atoms with Crippen LogP contribution in [0, 0.1) is 0 Å². The summed E-state index contributed by atoms with van der Waals surface area (Å²) in [5, 5.41) is 11.5. The molecule has 20 heavy (non-hydrogen) atoms. The van der Waals surface area contributed by atoms with Crippen LogP contribution in [0.2, 0.25) is 0 Å². The highest BCUT2D eigenvalue weighted by atomic mass is 16.3. The number of aromatic hydroxyl groups is 1. The smallest absolute Gasteiger partial charge is 0.253 e. The van der Waals surface area contributed by atoms with Gasteiger partial charge in [0.15, 0.2) is 0 Å². The average molecular weight is 272 g/mol. The second-order valence-electron chi connectivity index (χ2n) is 5.06. The van der Waals surface area contributed by atoms with Gasteiger partial charge < -0.3 is 15.7 Å². The molecular formula is C16H20N2O2. The van der Waals surface area contributed by atoms with Gasteiger partial charge in [0.1, 0.15) is 5.75 Å². The molecule has 2 aromatic carbocycles. The van der Waals surface area contributed by atoms with Crippen LogP contribution >= 0.6 is 0 Å². The second-order valence-corrected chi connectivity index (χ2v) is 5.06. The van der Waals surface area contributed by atoms with Gasteiger partial charge in [-0.25, -0.2) is 0 Å². The van der Waals surface area contributed by atoms with Crippen LogP contribution < -0.4 is 5.73 Å². The number of fused-ring (bicyclic) bond motifs is 1. The summed E-state index contributed by atoms with van der Waals surface area (Å²) in [6.45, 7) is 2.53. The van der Waals surface area contributed by atoms with Crippen molar-refractivity contribution in [1.29, 1.82) is 0 Å². The van der Waals surface area contributed by atoms with Crippen LogP contribution in [0.4, 0.5) is 0 Å². The van der Waals surface area contributed by atoms with Crippen molar-refractivity contribution in [2.45, 2.75) is 19.4 Å². The minimum absolute atomic E-state index is 0.0592. The molecule has 4 nitrogen and oxygen atoms in total. The fourth-order valence-electron chi connectivity index (χ4n) is 2.23. The first-order chi connectivity index (χ1) is 9.54. The molecule has 106 valence electrons. The number of phenolic OH excluding ortho intramolecular Hbond substituents is 1. The predicted octanol–water partition coefficient (Wildman–Crippen LogP) is 2.35. The fraction of sp³-hybridized carbons (Fsp3) is 0.312. The number of phenols is 1. The van der Waals surface area contributed by atoms with Crippen LogP contribution in [-0.4, -0.2) is 35.5 Å². The van der Waals surface area contributed by atoms with Crippen molar-refractivity contribution in [3.8, 4) is 5.75 Å². The summed E-state index contributed by atoms with van der Waals surface area (Å²) in [7, 11) is 1.78. The summed E-state index contributed by atoms with van der Waals surface area (Å²) >= 11 is 0. The second kappa shape index (κ2) is 5.92. The van der Waals surface area contributed by atoms with Gasteiger partial charge in [0, 0.05) is 24.0 Å². The number of nitrogens with two attached hydrogens (primary N) is 1. The molecule has 0 radical (unpaired) electrons. The predicted molar refractivity (Wildman–Crippen MR) is 80.8 cm³/mol. The van der Waals surface area contributed by atoms with Gasteiger partial charge in [-0.15, -0.1) is 0 Å². The number of benzene rings is 2. The Bertz CT molecular complexity index is 625. The molecule has 0 aliphatic heterocycles. The molecule has 2 aromatic rings. The van der Waals surface area contributed by atoms with Crippen molar-refractivity contribution in [1.82, 2.24) is 4.90 Å². The Morgan fingerprint density at radius 1 is 1.35 bits per heavy atom. The van der Waals surface area contributed by atoms with Gasteiger partial charge in [-0.05, 0) is 43.5 Å². The monoisotopic (exact) mass is 272 g/mol. The number of nitrogens with zero attached hydrogens (tertiary/aromatic N) is 1. The standard InChI is InChI=1S/C16H20N2O2/c1-11(8-9-17)18(2)16(20)13-7-6-12-4-3-5-15(19)14(12)10-13/h3-7,10-11,19H,8-9,17H2,1-2H3. The van der Waals surface area contributed by atoms with Crippen LogP contribution in [0.5, 0.6) is 5.75 Å². The third-order valence-electron chi connectivity index (χ3n) is 3.67. The highest BCUT2D eigenvalue weighted by Crippen LogP contribution is 2.25. The van der Waals surface area contributed by atoms with Crippen molar-refractivity contribution in [3.05, 3.63) is 42.0 Å². The lowest BCUT2D eigenvalue weighted by Crippen LogP contribution is -2.36. The largest absolute Gasteiger partial charge is 0.507 e. The summed E-state index contributed by atoms with van der Waals surface area (Å²) in [6.07, 6.45) is 0.765. The maximum absolute atomic E-state index is 12.4. The maximum Gasteiger partial charge on any atom is 0.253 e. The van der Waals surface area contributed by atoms with E-state index in [2.05, 4.69) is 0 Å². The number of carbonyl (C=O) groups excluding carboxylic acids is 1. The fourth-order valence-corrected chi connectivity index (χ4v) is 2.23. The van der Waals surface area contributed by atoms with E-state index in [1.54, 1.807) is 36.2 Å². The Balaban J connectivity index is 2.33. The first-order valence-corrected chi connectivity index (χ1v) is 6.73. The first-order valence-electron chi connectivity index (χ1n) is 6.73. The Hall–Kier alpha value is -2.07. The summed E-state index contributed by atoms with van der Waals surface area (Å²) in [4.78, 5) is 14.1. The molecule has 1 amide bonds. The van der Waals surface area contributed by atoms with Crippen molar-refractivity contribution in [2.75, 3.05) is 13.6 Å². The van der Waals surface area contributed by atoms with Crippen molar-refractivity contribution >= 4 is 16.7 Å². The van der Waals surface area contributed by atoms with Gasteiger partial charge in [0.25, 0.3) is 5.91 Å². The molecule has 0 bridgehead atoms. The zero-order valence-electron chi connectivity index (χ0n) is 11.8. The van der Waals surface area contributed by atoms with Gasteiger partial charge in [-0.3, -0.25) is 4.79 Å². The average Bonchev–Trinajstić information content (AvgIpc) is 2.46. The van der Waals surface area contributed by atoms with Crippen molar-refractivity contribution in [2.24, 2.45) is 5.73 Å². The lowest BCUT2D eigenvalue weighted by Gasteiger charge is -2.24. The number of hydrogen-bond acceptors (Lipinski definition) is 3. The zero-order chi connectivity index (χ0) is 14.7. The lowest BCUT2D eigenvalue weighted by molar-refractivity contribution is 0.0739. The quantitative estimate of drug-likeness (QED) is 0.898. The Morgan fingerprint density at radius 3 is 2.80 bits per heavy atom. The number of rotatable bonds is 4. The molecule has 0 heterocycles. The van der Waals surface area contributed by atoms with E-state index in [4.69, 9.17) is 5.73 Å². The van der Waals surface area contributed by atoms with Gasteiger partial charge in [-0.2, -0.15) is 0 Å². The third-order valence-corrected chi connectivity index (χ3v) is 3.67. The number of hydrogen-bond donors (Lipinski definition) is 2. The van der Waals surface area contributed by atoms with Crippen molar-refractivity contribution in [3.63, 3.8) is 0 Å². The molecule has 4 heteroatoms. The number of amides is 1. The molecule has 0 saturated heterocycles. The van der Waals surface area contributed by atoms with Gasteiger partial charge in [-0.1, -0.05) is 18.2 Å². The van der Waals surface area contributed by atoms with Crippen LogP contribution in [0.15, 0.2) is 36.4 Å². The van der Waals surface area contributed by atoms with Gasteiger partial charge in [0.2, 0.25) is 0 Å². The van der Waals surface area contributed by atoms with E-state index >= 15 is 0 Å². The normalized spacial score (nSPS) is 12.3. The summed E-state index contributed by atoms with van der Waals surface area (Å²) in [5.41, 5.74) is 6.10. The van der Waals surface area contributed by atoms with E-state index in [1.807, 2.05) is 19.1 Å². The Kier molecular flexibility index (Phi) is 4.25. The lowest BCUT2D eigenvalue weighted by atomic mass is 10.0. The van der Waals surface area contributed by atoms with Crippen LogP contribution in [0.1, 0.15) is 23.7 Å². The highest BCUT2D eigenvalue weighted by molar-refractivity contribution is 6.00. The van der Waals surface area contributed by atoms with Crippen LogP contribution in [-0.2, 0) is 0 Å². The Morgan fingerprint density at radius 2 is 2.10 bits per heavy atom. The van der Waals surface area contributed by atoms with Crippen molar-refractivity contribution < 1.29 is 9.90 Å². The minimum Gasteiger partial charge on any atom is -0.507 e. The molecule has 0 aliphatic rings. The molecular weight excluding hydrogens is 252 g/mol. The van der Waals surface area contributed by atoms with E-state index in [-0.39, 0.29) is 17.7 Å². The van der Waals surface area contributed by atoms with E-state index in [0.29, 0.717) is 17.5 Å². The number of carbonyl (C=O) groups is 1. The van der Waals surface area contributed by atoms with Gasteiger partial charge in [0.05, 0.1) is 0 Å². The molecule has 0 fully saturated rings. The van der Waals surface area contributed by atoms with E-state index in [1.165, 1.54) is 0 Å². The van der Waals surface area contributed by atoms with Gasteiger partial charge >= 0.3 is 0 Å². The molecule has 2 rings (SSSR count). The zero-order valence-corrected chi connectivity index (χ0v) is 11.8. The summed E-state index contributed by atoms with van der Waals surface area (Å²) in [6, 6.07) is 10.8. The molecule has 0 aliphatic carbocycles. The summed E-state index contributed by atoms with van der Waals surface area (Å²) in [5.74, 6) is 0.130. The molecule has 0 saturated carbocycles. The first kappa shape index (κ1) is 14.3. The minimum atomic E-state index is -0.0592. The van der Waals surface area contributed by atoms with Crippen LogP contribution in [0.25, 0.3) is 10.8 Å². The third kappa shape index (κ3) is 2.75. The SMILES string of the molecule is CC(CCN)N(C)C(=O)c1ccc2cccc(O)c2c1. The highest BCUT2D eigenvalue weighted by Gasteiger charge is 2.17. The topological polar surface area (TPSA) is 66.6 Å².